The molecule has 0 saturated carbocycles. The van der Waals surface area contributed by atoms with Crippen molar-refractivity contribution in [2.45, 2.75) is 56.8 Å². The van der Waals surface area contributed by atoms with Crippen LogP contribution in [-0.2, 0) is 36.8 Å². The molecule has 0 spiro atoms. The highest BCUT2D eigenvalue weighted by Gasteiger charge is 2.30. The summed E-state index contributed by atoms with van der Waals surface area (Å²) in [5, 5.41) is 44.3. The molecule has 4 atom stereocenters. The summed E-state index contributed by atoms with van der Waals surface area (Å²) in [7, 11) is 0. The van der Waals surface area contributed by atoms with Crippen LogP contribution in [0.3, 0.4) is 0 Å². The molecule has 39 heavy (non-hydrogen) atoms. The molecule has 0 fully saturated rings. The van der Waals surface area contributed by atoms with Crippen LogP contribution in [0.5, 0.6) is 11.5 Å². The van der Waals surface area contributed by atoms with Crippen molar-refractivity contribution in [3.8, 4) is 11.5 Å². The molecule has 0 saturated heterocycles. The first-order valence-corrected chi connectivity index (χ1v) is 12.0. The number of aromatic hydroxyl groups is 2. The quantitative estimate of drug-likeness (QED) is 0.154. The molecule has 0 radical (unpaired) electrons. The average Bonchev–Trinajstić information content (AvgIpc) is 2.88. The van der Waals surface area contributed by atoms with Gasteiger partial charge in [-0.3, -0.25) is 24.0 Å². The minimum Gasteiger partial charge on any atom is -0.508 e. The summed E-state index contributed by atoms with van der Waals surface area (Å²) in [6, 6.07) is 6.86. The molecule has 13 heteroatoms. The van der Waals surface area contributed by atoms with E-state index in [-0.39, 0.29) is 30.8 Å². The van der Waals surface area contributed by atoms with Crippen molar-refractivity contribution >= 4 is 29.7 Å². The van der Waals surface area contributed by atoms with E-state index in [0.29, 0.717) is 11.1 Å². The SMILES string of the molecule is CC(NC(=O)C(CCC(=O)O)NC(=O)C(Cc1ccc(O)cc1)NC(=O)C(N)Cc1ccc(O)cc1)C(=O)O. The maximum absolute atomic E-state index is 13.3. The first kappa shape index (κ1) is 30.6. The number of phenols is 2. The Balaban J connectivity index is 2.22. The van der Waals surface area contributed by atoms with Gasteiger partial charge in [-0.05, 0) is 55.2 Å². The summed E-state index contributed by atoms with van der Waals surface area (Å²) < 4.78 is 0. The Kier molecular flexibility index (Phi) is 11.2. The lowest BCUT2D eigenvalue weighted by molar-refractivity contribution is -0.142. The van der Waals surface area contributed by atoms with Gasteiger partial charge in [0.05, 0.1) is 6.04 Å². The summed E-state index contributed by atoms with van der Waals surface area (Å²) in [6.07, 6.45) is -0.801. The molecule has 0 aliphatic rings. The molecule has 0 aromatic heterocycles. The number of rotatable bonds is 14. The van der Waals surface area contributed by atoms with E-state index in [9.17, 15) is 34.2 Å². The van der Waals surface area contributed by atoms with Crippen LogP contribution in [0, 0.1) is 0 Å². The van der Waals surface area contributed by atoms with Crippen molar-refractivity contribution in [1.82, 2.24) is 16.0 Å². The van der Waals surface area contributed by atoms with Gasteiger partial charge in [0.15, 0.2) is 0 Å². The molecule has 0 bridgehead atoms. The van der Waals surface area contributed by atoms with Crippen LogP contribution in [-0.4, -0.2) is 74.3 Å². The van der Waals surface area contributed by atoms with Crippen molar-refractivity contribution in [3.05, 3.63) is 59.7 Å². The number of carboxylic acids is 2. The summed E-state index contributed by atoms with van der Waals surface area (Å²) in [6.45, 7) is 1.21. The number of amides is 3. The molecular weight excluding hydrogens is 512 g/mol. The van der Waals surface area contributed by atoms with Crippen LogP contribution < -0.4 is 21.7 Å². The van der Waals surface area contributed by atoms with Crippen molar-refractivity contribution in [3.63, 3.8) is 0 Å². The molecule has 4 unspecified atom stereocenters. The van der Waals surface area contributed by atoms with Crippen LogP contribution in [0.15, 0.2) is 48.5 Å². The number of hydrogen-bond donors (Lipinski definition) is 8. The Morgan fingerprint density at radius 2 is 1.18 bits per heavy atom. The van der Waals surface area contributed by atoms with Gasteiger partial charge in [-0.25, -0.2) is 0 Å². The van der Waals surface area contributed by atoms with Crippen molar-refractivity contribution in [2.75, 3.05) is 0 Å². The highest BCUT2D eigenvalue weighted by molar-refractivity contribution is 5.94. The summed E-state index contributed by atoms with van der Waals surface area (Å²) >= 11 is 0. The Hall–Kier alpha value is -4.65. The Morgan fingerprint density at radius 3 is 1.67 bits per heavy atom. The zero-order chi connectivity index (χ0) is 29.1. The number of carboxylic acid groups (broad SMARTS) is 2. The third-order valence-electron chi connectivity index (χ3n) is 5.75. The van der Waals surface area contributed by atoms with Crippen LogP contribution in [0.2, 0.25) is 0 Å². The topological polar surface area (TPSA) is 228 Å². The fraction of sp³-hybridized carbons (Fsp3) is 0.346. The lowest BCUT2D eigenvalue weighted by Gasteiger charge is -2.25. The van der Waals surface area contributed by atoms with Crippen LogP contribution in [0.25, 0.3) is 0 Å². The van der Waals surface area contributed by atoms with Crippen molar-refractivity contribution < 1.29 is 44.4 Å². The van der Waals surface area contributed by atoms with Gasteiger partial charge in [-0.1, -0.05) is 24.3 Å². The maximum Gasteiger partial charge on any atom is 0.325 e. The van der Waals surface area contributed by atoms with Gasteiger partial charge in [-0.2, -0.15) is 0 Å². The molecule has 2 aromatic carbocycles. The van der Waals surface area contributed by atoms with Crippen LogP contribution in [0.4, 0.5) is 0 Å². The summed E-state index contributed by atoms with van der Waals surface area (Å²) in [4.78, 5) is 61.0. The fourth-order valence-corrected chi connectivity index (χ4v) is 3.52. The highest BCUT2D eigenvalue weighted by atomic mass is 16.4. The van der Waals surface area contributed by atoms with Gasteiger partial charge in [0.2, 0.25) is 17.7 Å². The molecule has 3 amide bonds. The minimum absolute atomic E-state index is 0.0161. The number of nitrogens with two attached hydrogens (primary N) is 1. The molecule has 0 aliphatic heterocycles. The second-order valence-electron chi connectivity index (χ2n) is 8.97. The lowest BCUT2D eigenvalue weighted by atomic mass is 10.0. The Morgan fingerprint density at radius 1 is 0.718 bits per heavy atom. The third-order valence-corrected chi connectivity index (χ3v) is 5.75. The highest BCUT2D eigenvalue weighted by Crippen LogP contribution is 2.13. The zero-order valence-electron chi connectivity index (χ0n) is 21.2. The van der Waals surface area contributed by atoms with E-state index in [0.717, 1.165) is 0 Å². The standard InChI is InChI=1S/C26H32N4O9/c1-14(26(38)39)28-24(36)20(10-11-22(33)34)29-25(37)21(13-16-4-8-18(32)9-5-16)30-23(35)19(27)12-15-2-6-17(31)7-3-15/h2-9,14,19-21,31-32H,10-13,27H2,1H3,(H,28,36)(H,29,37)(H,30,35)(H,33,34)(H,38,39). The summed E-state index contributed by atoms with van der Waals surface area (Å²) in [5.74, 6) is -4.96. The first-order valence-electron chi connectivity index (χ1n) is 12.0. The monoisotopic (exact) mass is 544 g/mol. The normalized spacial score (nSPS) is 13.8. The van der Waals surface area contributed by atoms with E-state index in [2.05, 4.69) is 16.0 Å². The van der Waals surface area contributed by atoms with E-state index >= 15 is 0 Å². The van der Waals surface area contributed by atoms with Gasteiger partial charge in [0, 0.05) is 12.8 Å². The average molecular weight is 545 g/mol. The van der Waals surface area contributed by atoms with E-state index in [4.69, 9.17) is 15.9 Å². The van der Waals surface area contributed by atoms with Gasteiger partial charge in [0.25, 0.3) is 0 Å². The fourth-order valence-electron chi connectivity index (χ4n) is 3.52. The van der Waals surface area contributed by atoms with Crippen LogP contribution >= 0.6 is 0 Å². The maximum atomic E-state index is 13.3. The minimum atomic E-state index is -1.40. The number of nitrogens with one attached hydrogen (secondary N) is 3. The number of hydrogen-bond acceptors (Lipinski definition) is 8. The van der Waals surface area contributed by atoms with Crippen LogP contribution in [0.1, 0.15) is 30.9 Å². The predicted octanol–water partition coefficient (Wildman–Crippen LogP) is -0.366. The third kappa shape index (κ3) is 10.3. The van der Waals surface area contributed by atoms with E-state index in [1.165, 1.54) is 43.3 Å². The number of phenolic OH excluding ortho intramolecular Hbond substituents is 2. The zero-order valence-corrected chi connectivity index (χ0v) is 21.2. The molecule has 210 valence electrons. The molecule has 9 N–H and O–H groups in total. The van der Waals surface area contributed by atoms with Gasteiger partial charge < -0.3 is 42.1 Å². The lowest BCUT2D eigenvalue weighted by Crippen LogP contribution is -2.57. The molecule has 2 aromatic rings. The predicted molar refractivity (Wildman–Crippen MR) is 138 cm³/mol. The van der Waals surface area contributed by atoms with Crippen molar-refractivity contribution in [2.24, 2.45) is 5.73 Å². The molecule has 13 nitrogen and oxygen atoms in total. The van der Waals surface area contributed by atoms with E-state index in [1.807, 2.05) is 0 Å². The molecular formula is C26H32N4O9. The smallest absolute Gasteiger partial charge is 0.325 e. The number of carbonyl (C=O) groups is 5. The number of aliphatic carboxylic acids is 2. The Labute approximate surface area is 224 Å². The van der Waals surface area contributed by atoms with Gasteiger partial charge in [-0.15, -0.1) is 0 Å². The Bertz CT molecular complexity index is 1170. The van der Waals surface area contributed by atoms with E-state index in [1.54, 1.807) is 12.1 Å². The first-order chi connectivity index (χ1) is 18.3. The molecule has 2 rings (SSSR count). The molecule has 0 heterocycles. The number of carbonyl (C=O) groups excluding carboxylic acids is 3. The second kappa shape index (κ2) is 14.3. The summed E-state index contributed by atoms with van der Waals surface area (Å²) in [5.41, 5.74) is 7.25. The van der Waals surface area contributed by atoms with E-state index < -0.39 is 60.2 Å². The number of benzene rings is 2. The van der Waals surface area contributed by atoms with Gasteiger partial charge >= 0.3 is 11.9 Å². The van der Waals surface area contributed by atoms with Crippen molar-refractivity contribution in [1.29, 1.82) is 0 Å². The largest absolute Gasteiger partial charge is 0.508 e. The second-order valence-corrected chi connectivity index (χ2v) is 8.97. The van der Waals surface area contributed by atoms with Gasteiger partial charge in [0.1, 0.15) is 29.6 Å². The molecule has 0 aliphatic carbocycles.